The largest absolute Gasteiger partial charge is 0.480 e. The molecule has 0 aliphatic heterocycles. The first-order valence-electron chi connectivity index (χ1n) is 8.03. The van der Waals surface area contributed by atoms with Gasteiger partial charge in [-0.2, -0.15) is 23.4 Å². The molecular weight excluding hydrogens is 409 g/mol. The number of amides is 2. The number of aliphatic imine (C=N–C) groups is 1. The monoisotopic (exact) mass is 422 g/mol. The van der Waals surface area contributed by atoms with Crippen molar-refractivity contribution in [3.8, 4) is 17.6 Å². The molecule has 0 aromatic heterocycles. The van der Waals surface area contributed by atoms with Gasteiger partial charge >= 0.3 is 12.2 Å². The summed E-state index contributed by atoms with van der Waals surface area (Å²) >= 11 is 0. The highest BCUT2D eigenvalue weighted by Crippen LogP contribution is 2.35. The normalized spacial score (nSPS) is 11.4. The standard InChI is InChI=1S/C18H13F3N4O5/c1-23-17(26)24-16(29-2)13-8-12(4-5-14(13)25(27)28)30-15-6-3-11(18(19,20)21)7-10(15)9-22/h3-8H,1-2H3,(H,23,26). The fourth-order valence-electron chi connectivity index (χ4n) is 2.28. The van der Waals surface area contributed by atoms with Gasteiger partial charge < -0.3 is 14.8 Å². The smallest absolute Gasteiger partial charge is 0.416 e. The zero-order valence-electron chi connectivity index (χ0n) is 15.5. The van der Waals surface area contributed by atoms with Crippen molar-refractivity contribution in [3.63, 3.8) is 0 Å². The number of hydrogen-bond acceptors (Lipinski definition) is 6. The van der Waals surface area contributed by atoms with E-state index in [0.29, 0.717) is 6.07 Å². The molecule has 0 heterocycles. The number of carbonyl (C=O) groups excluding carboxylic acids is 1. The molecule has 0 saturated heterocycles. The molecule has 2 aromatic carbocycles. The molecule has 1 N–H and O–H groups in total. The van der Waals surface area contributed by atoms with Gasteiger partial charge in [-0.25, -0.2) is 4.79 Å². The van der Waals surface area contributed by atoms with Gasteiger partial charge in [-0.3, -0.25) is 10.1 Å². The molecule has 0 unspecified atom stereocenters. The zero-order valence-corrected chi connectivity index (χ0v) is 15.5. The lowest BCUT2D eigenvalue weighted by atomic mass is 10.1. The average molecular weight is 422 g/mol. The van der Waals surface area contributed by atoms with Crippen LogP contribution in [0.5, 0.6) is 11.5 Å². The van der Waals surface area contributed by atoms with Crippen LogP contribution in [0.3, 0.4) is 0 Å². The Kier molecular flexibility index (Phi) is 6.58. The molecule has 156 valence electrons. The van der Waals surface area contributed by atoms with E-state index in [2.05, 4.69) is 10.3 Å². The number of nitrogens with zero attached hydrogens (tertiary/aromatic N) is 3. The Morgan fingerprint density at radius 2 is 1.97 bits per heavy atom. The molecule has 30 heavy (non-hydrogen) atoms. The lowest BCUT2D eigenvalue weighted by molar-refractivity contribution is -0.385. The van der Waals surface area contributed by atoms with Gasteiger partial charge in [0.05, 0.1) is 23.2 Å². The summed E-state index contributed by atoms with van der Waals surface area (Å²) in [5.41, 5.74) is -2.10. The number of nitrogens with one attached hydrogen (secondary N) is 1. The van der Waals surface area contributed by atoms with Crippen molar-refractivity contribution < 1.29 is 32.4 Å². The van der Waals surface area contributed by atoms with Gasteiger partial charge in [0.1, 0.15) is 23.1 Å². The van der Waals surface area contributed by atoms with E-state index in [9.17, 15) is 28.1 Å². The molecular formula is C18H13F3N4O5. The Morgan fingerprint density at radius 1 is 1.27 bits per heavy atom. The van der Waals surface area contributed by atoms with Crippen LogP contribution in [0.25, 0.3) is 0 Å². The predicted molar refractivity (Wildman–Crippen MR) is 97.3 cm³/mol. The number of nitriles is 1. The number of hydrogen-bond donors (Lipinski definition) is 1. The SMILES string of the molecule is CNC(=O)N=C(OC)c1cc(Oc2ccc(C(F)(F)F)cc2C#N)ccc1[N+](=O)[O-]. The molecule has 0 bridgehead atoms. The van der Waals surface area contributed by atoms with Gasteiger partial charge in [-0.05, 0) is 24.3 Å². The van der Waals surface area contributed by atoms with E-state index in [-0.39, 0.29) is 23.0 Å². The van der Waals surface area contributed by atoms with Gasteiger partial charge in [0.25, 0.3) is 5.69 Å². The second-order valence-electron chi connectivity index (χ2n) is 5.53. The van der Waals surface area contributed by atoms with Crippen molar-refractivity contribution in [3.05, 3.63) is 63.2 Å². The number of benzene rings is 2. The highest BCUT2D eigenvalue weighted by Gasteiger charge is 2.31. The minimum Gasteiger partial charge on any atom is -0.480 e. The van der Waals surface area contributed by atoms with Crippen LogP contribution >= 0.6 is 0 Å². The molecule has 0 spiro atoms. The third-order valence-electron chi connectivity index (χ3n) is 3.66. The van der Waals surface area contributed by atoms with Crippen LogP contribution in [0.1, 0.15) is 16.7 Å². The second-order valence-corrected chi connectivity index (χ2v) is 5.53. The lowest BCUT2D eigenvalue weighted by Gasteiger charge is -2.12. The first kappa shape index (κ1) is 22.2. The van der Waals surface area contributed by atoms with Crippen LogP contribution < -0.4 is 10.1 Å². The van der Waals surface area contributed by atoms with E-state index in [1.807, 2.05) is 0 Å². The minimum atomic E-state index is -4.64. The van der Waals surface area contributed by atoms with Crippen LogP contribution in [0, 0.1) is 21.4 Å². The van der Waals surface area contributed by atoms with Crippen molar-refractivity contribution in [2.24, 2.45) is 4.99 Å². The van der Waals surface area contributed by atoms with Gasteiger partial charge in [0.15, 0.2) is 0 Å². The van der Waals surface area contributed by atoms with Crippen molar-refractivity contribution in [2.75, 3.05) is 14.2 Å². The number of carbonyl (C=O) groups is 1. The van der Waals surface area contributed by atoms with Crippen molar-refractivity contribution >= 4 is 17.6 Å². The first-order valence-corrected chi connectivity index (χ1v) is 8.03. The number of ether oxygens (including phenoxy) is 2. The summed E-state index contributed by atoms with van der Waals surface area (Å²) in [6.07, 6.45) is -4.64. The van der Waals surface area contributed by atoms with E-state index in [4.69, 9.17) is 14.7 Å². The third-order valence-corrected chi connectivity index (χ3v) is 3.66. The van der Waals surface area contributed by atoms with Crippen molar-refractivity contribution in [1.29, 1.82) is 5.26 Å². The summed E-state index contributed by atoms with van der Waals surface area (Å²) in [6, 6.07) is 6.41. The summed E-state index contributed by atoms with van der Waals surface area (Å²) in [6.45, 7) is 0. The van der Waals surface area contributed by atoms with E-state index in [1.165, 1.54) is 13.1 Å². The Bertz CT molecular complexity index is 1060. The molecule has 0 aliphatic rings. The van der Waals surface area contributed by atoms with Crippen LogP contribution in [0.2, 0.25) is 0 Å². The van der Waals surface area contributed by atoms with E-state index in [1.54, 1.807) is 6.07 Å². The summed E-state index contributed by atoms with van der Waals surface area (Å²) in [5, 5.41) is 22.6. The topological polar surface area (TPSA) is 127 Å². The summed E-state index contributed by atoms with van der Waals surface area (Å²) < 4.78 is 48.9. The van der Waals surface area contributed by atoms with Crippen LogP contribution in [0.15, 0.2) is 41.4 Å². The van der Waals surface area contributed by atoms with Crippen molar-refractivity contribution in [2.45, 2.75) is 6.18 Å². The quantitative estimate of drug-likeness (QED) is 0.343. The van der Waals surface area contributed by atoms with Gasteiger partial charge in [-0.15, -0.1) is 0 Å². The Balaban J connectivity index is 2.52. The molecule has 0 radical (unpaired) electrons. The number of rotatable bonds is 4. The molecule has 2 amide bonds. The van der Waals surface area contributed by atoms with Gasteiger partial charge in [0, 0.05) is 19.2 Å². The van der Waals surface area contributed by atoms with E-state index < -0.39 is 33.9 Å². The van der Waals surface area contributed by atoms with E-state index >= 15 is 0 Å². The predicted octanol–water partition coefficient (Wildman–Crippen LogP) is 4.01. The molecule has 0 atom stereocenters. The van der Waals surface area contributed by atoms with Gasteiger partial charge in [-0.1, -0.05) is 0 Å². The molecule has 9 nitrogen and oxygen atoms in total. The maximum atomic E-state index is 12.8. The molecule has 0 saturated carbocycles. The molecule has 12 heteroatoms. The molecule has 2 aromatic rings. The van der Waals surface area contributed by atoms with Crippen LogP contribution in [0.4, 0.5) is 23.7 Å². The number of nitro groups is 1. The third kappa shape index (κ3) is 5.02. The molecule has 2 rings (SSSR count). The number of urea groups is 1. The molecule has 0 aliphatic carbocycles. The summed E-state index contributed by atoms with van der Waals surface area (Å²) in [4.78, 5) is 25.6. The fraction of sp³-hybridized carbons (Fsp3) is 0.167. The summed E-state index contributed by atoms with van der Waals surface area (Å²) in [5.74, 6) is -0.652. The Morgan fingerprint density at radius 3 is 2.50 bits per heavy atom. The Labute approximate surface area is 167 Å². The fourth-order valence-corrected chi connectivity index (χ4v) is 2.28. The second kappa shape index (κ2) is 8.91. The van der Waals surface area contributed by atoms with E-state index in [0.717, 1.165) is 31.4 Å². The van der Waals surface area contributed by atoms with Crippen LogP contribution in [-0.4, -0.2) is 31.0 Å². The maximum Gasteiger partial charge on any atom is 0.416 e. The highest BCUT2D eigenvalue weighted by molar-refractivity contribution is 6.04. The van der Waals surface area contributed by atoms with Crippen molar-refractivity contribution in [1.82, 2.24) is 5.32 Å². The number of alkyl halides is 3. The average Bonchev–Trinajstić information content (AvgIpc) is 2.70. The first-order chi connectivity index (χ1) is 14.1. The lowest BCUT2D eigenvalue weighted by Crippen LogP contribution is -2.17. The summed E-state index contributed by atoms with van der Waals surface area (Å²) in [7, 11) is 2.43. The molecule has 0 fully saturated rings. The zero-order chi connectivity index (χ0) is 22.5. The maximum absolute atomic E-state index is 12.8. The van der Waals surface area contributed by atoms with Crippen LogP contribution in [-0.2, 0) is 10.9 Å². The number of halogens is 3. The Hall–Kier alpha value is -4.14. The number of nitro benzene ring substituents is 1. The van der Waals surface area contributed by atoms with Gasteiger partial charge in [0.2, 0.25) is 5.90 Å². The number of methoxy groups -OCH3 is 1. The minimum absolute atomic E-state index is 0.0616. The highest BCUT2D eigenvalue weighted by atomic mass is 19.4.